The van der Waals surface area contributed by atoms with Gasteiger partial charge in [-0.05, 0) is 26.0 Å². The molecule has 2 N–H and O–H groups in total. The third kappa shape index (κ3) is 1.82. The van der Waals surface area contributed by atoms with Gasteiger partial charge in [-0.15, -0.1) is 0 Å². The van der Waals surface area contributed by atoms with Gasteiger partial charge in [-0.3, -0.25) is 0 Å². The summed E-state index contributed by atoms with van der Waals surface area (Å²) < 4.78 is 23.2. The van der Waals surface area contributed by atoms with Gasteiger partial charge in [-0.1, -0.05) is 0 Å². The van der Waals surface area contributed by atoms with Gasteiger partial charge in [-0.25, -0.2) is 8.42 Å². The zero-order valence-electron chi connectivity index (χ0n) is 7.93. The van der Waals surface area contributed by atoms with Crippen LogP contribution in [0.25, 0.3) is 0 Å². The van der Waals surface area contributed by atoms with Gasteiger partial charge in [0, 0.05) is 6.07 Å². The molecule has 0 unspecified atom stereocenters. The first-order chi connectivity index (χ1) is 6.35. The van der Waals surface area contributed by atoms with Crippen LogP contribution >= 0.6 is 0 Å². The molecule has 1 aromatic rings. The third-order valence-electron chi connectivity index (χ3n) is 1.87. The first-order valence-corrected chi connectivity index (χ1v) is 5.66. The molecule has 0 atom stereocenters. The first-order valence-electron chi connectivity index (χ1n) is 4.11. The summed E-state index contributed by atoms with van der Waals surface area (Å²) in [5, 5.41) is 17.7. The third-order valence-corrected chi connectivity index (χ3v) is 4.07. The van der Waals surface area contributed by atoms with Crippen LogP contribution in [-0.4, -0.2) is 23.9 Å². The molecule has 78 valence electrons. The molecular weight excluding hydrogens is 204 g/mol. The molecule has 0 radical (unpaired) electrons. The van der Waals surface area contributed by atoms with Crippen molar-refractivity contribution in [2.75, 3.05) is 0 Å². The Morgan fingerprint density at radius 1 is 1.21 bits per heavy atom. The highest BCUT2D eigenvalue weighted by Crippen LogP contribution is 2.29. The minimum atomic E-state index is -3.49. The predicted molar refractivity (Wildman–Crippen MR) is 52.1 cm³/mol. The summed E-state index contributed by atoms with van der Waals surface area (Å²) in [7, 11) is -3.49. The molecule has 5 heteroatoms. The molecule has 0 bridgehead atoms. The molecular formula is C9H12O4S. The Bertz CT molecular complexity index is 434. The van der Waals surface area contributed by atoms with Crippen molar-refractivity contribution in [1.82, 2.24) is 0 Å². The van der Waals surface area contributed by atoms with Gasteiger partial charge < -0.3 is 10.2 Å². The molecule has 0 saturated heterocycles. The van der Waals surface area contributed by atoms with Crippen LogP contribution in [-0.2, 0) is 9.84 Å². The van der Waals surface area contributed by atoms with Crippen molar-refractivity contribution in [2.24, 2.45) is 0 Å². The lowest BCUT2D eigenvalue weighted by atomic mass is 10.3. The highest BCUT2D eigenvalue weighted by Gasteiger charge is 2.22. The normalized spacial score (nSPS) is 11.9. The second kappa shape index (κ2) is 3.49. The Morgan fingerprint density at radius 2 is 1.79 bits per heavy atom. The highest BCUT2D eigenvalue weighted by molar-refractivity contribution is 7.92. The van der Waals surface area contributed by atoms with E-state index in [1.54, 1.807) is 0 Å². The molecule has 0 saturated carbocycles. The van der Waals surface area contributed by atoms with Crippen LogP contribution in [0.2, 0.25) is 0 Å². The molecule has 1 aromatic carbocycles. The van der Waals surface area contributed by atoms with Gasteiger partial charge in [0.1, 0.15) is 16.4 Å². The minimum Gasteiger partial charge on any atom is -0.508 e. The summed E-state index contributed by atoms with van der Waals surface area (Å²) in [6.07, 6.45) is 0. The van der Waals surface area contributed by atoms with Gasteiger partial charge >= 0.3 is 0 Å². The van der Waals surface area contributed by atoms with E-state index in [-0.39, 0.29) is 10.6 Å². The Kier molecular flexibility index (Phi) is 2.71. The zero-order chi connectivity index (χ0) is 10.9. The molecule has 0 aliphatic heterocycles. The van der Waals surface area contributed by atoms with E-state index in [0.717, 1.165) is 6.07 Å². The molecule has 0 aliphatic rings. The molecule has 0 amide bonds. The monoisotopic (exact) mass is 216 g/mol. The second-order valence-electron chi connectivity index (χ2n) is 3.25. The lowest BCUT2D eigenvalue weighted by Crippen LogP contribution is -2.13. The van der Waals surface area contributed by atoms with Crippen molar-refractivity contribution in [1.29, 1.82) is 0 Å². The standard InChI is InChI=1S/C9H12O4S/c1-6(2)14(12,13)9-4-3-7(10)5-8(9)11/h3-6,10-11H,1-2H3. The summed E-state index contributed by atoms with van der Waals surface area (Å²) in [4.78, 5) is -0.148. The number of hydrogen-bond acceptors (Lipinski definition) is 4. The number of phenolic OH excluding ortho intramolecular Hbond substituents is 2. The Hall–Kier alpha value is -1.23. The maximum atomic E-state index is 11.6. The quantitative estimate of drug-likeness (QED) is 0.781. The number of sulfone groups is 1. The van der Waals surface area contributed by atoms with Crippen LogP contribution in [0, 0.1) is 0 Å². The Labute approximate surface area is 82.7 Å². The smallest absolute Gasteiger partial charge is 0.184 e. The number of phenols is 2. The van der Waals surface area contributed by atoms with Crippen molar-refractivity contribution in [2.45, 2.75) is 24.0 Å². The molecule has 4 nitrogen and oxygen atoms in total. The molecule has 0 aromatic heterocycles. The second-order valence-corrected chi connectivity index (χ2v) is 5.72. The number of rotatable bonds is 2. The van der Waals surface area contributed by atoms with E-state index in [9.17, 15) is 13.5 Å². The van der Waals surface area contributed by atoms with Crippen LogP contribution in [0.4, 0.5) is 0 Å². The van der Waals surface area contributed by atoms with E-state index in [0.29, 0.717) is 0 Å². The van der Waals surface area contributed by atoms with Gasteiger partial charge in [0.05, 0.1) is 5.25 Å². The van der Waals surface area contributed by atoms with Crippen LogP contribution in [0.5, 0.6) is 11.5 Å². The lowest BCUT2D eigenvalue weighted by Gasteiger charge is -2.09. The van der Waals surface area contributed by atoms with Gasteiger partial charge in [-0.2, -0.15) is 0 Å². The molecule has 1 rings (SSSR count). The molecule has 0 aliphatic carbocycles. The summed E-state index contributed by atoms with van der Waals surface area (Å²) in [5.41, 5.74) is 0. The van der Waals surface area contributed by atoms with E-state index in [1.807, 2.05) is 0 Å². The fourth-order valence-electron chi connectivity index (χ4n) is 1.00. The van der Waals surface area contributed by atoms with Crippen molar-refractivity contribution in [3.05, 3.63) is 18.2 Å². The van der Waals surface area contributed by atoms with E-state index in [1.165, 1.54) is 26.0 Å². The van der Waals surface area contributed by atoms with Crippen molar-refractivity contribution in [3.63, 3.8) is 0 Å². The van der Waals surface area contributed by atoms with Crippen LogP contribution in [0.15, 0.2) is 23.1 Å². The predicted octanol–water partition coefficient (Wildman–Crippen LogP) is 1.28. The van der Waals surface area contributed by atoms with E-state index in [2.05, 4.69) is 0 Å². The van der Waals surface area contributed by atoms with Crippen LogP contribution < -0.4 is 0 Å². The van der Waals surface area contributed by atoms with Crippen LogP contribution in [0.3, 0.4) is 0 Å². The maximum absolute atomic E-state index is 11.6. The zero-order valence-corrected chi connectivity index (χ0v) is 8.75. The number of hydrogen-bond donors (Lipinski definition) is 2. The van der Waals surface area contributed by atoms with Gasteiger partial charge in [0.25, 0.3) is 0 Å². The highest BCUT2D eigenvalue weighted by atomic mass is 32.2. The van der Waals surface area contributed by atoms with Gasteiger partial charge in [0.2, 0.25) is 0 Å². The Balaban J connectivity index is 3.35. The fourth-order valence-corrected chi connectivity index (χ4v) is 2.12. The minimum absolute atomic E-state index is 0.148. The summed E-state index contributed by atoms with van der Waals surface area (Å²) in [6, 6.07) is 3.43. The molecule has 0 heterocycles. The topological polar surface area (TPSA) is 74.6 Å². The number of benzene rings is 1. The summed E-state index contributed by atoms with van der Waals surface area (Å²) in [6.45, 7) is 3.06. The van der Waals surface area contributed by atoms with E-state index >= 15 is 0 Å². The van der Waals surface area contributed by atoms with Gasteiger partial charge in [0.15, 0.2) is 9.84 Å². The summed E-state index contributed by atoms with van der Waals surface area (Å²) >= 11 is 0. The van der Waals surface area contributed by atoms with E-state index < -0.39 is 20.8 Å². The first kappa shape index (κ1) is 10.8. The average Bonchev–Trinajstić information content (AvgIpc) is 2.02. The molecule has 0 spiro atoms. The Morgan fingerprint density at radius 3 is 2.21 bits per heavy atom. The van der Waals surface area contributed by atoms with Crippen molar-refractivity contribution in [3.8, 4) is 11.5 Å². The fraction of sp³-hybridized carbons (Fsp3) is 0.333. The maximum Gasteiger partial charge on any atom is 0.184 e. The van der Waals surface area contributed by atoms with E-state index in [4.69, 9.17) is 5.11 Å². The lowest BCUT2D eigenvalue weighted by molar-refractivity contribution is 0.439. The number of aromatic hydroxyl groups is 2. The van der Waals surface area contributed by atoms with Crippen LogP contribution in [0.1, 0.15) is 13.8 Å². The largest absolute Gasteiger partial charge is 0.508 e. The average molecular weight is 216 g/mol. The SMILES string of the molecule is CC(C)S(=O)(=O)c1ccc(O)cc1O. The summed E-state index contributed by atoms with van der Waals surface area (Å²) in [5.74, 6) is -0.580. The van der Waals surface area contributed by atoms with Crippen molar-refractivity contribution >= 4 is 9.84 Å². The van der Waals surface area contributed by atoms with Crippen molar-refractivity contribution < 1.29 is 18.6 Å². The molecule has 0 fully saturated rings. The molecule has 14 heavy (non-hydrogen) atoms.